The van der Waals surface area contributed by atoms with E-state index in [1.54, 1.807) is 4.90 Å². The molecule has 2 rings (SSSR count). The van der Waals surface area contributed by atoms with Crippen LogP contribution in [-0.2, 0) is 4.79 Å². The van der Waals surface area contributed by atoms with E-state index in [9.17, 15) is 4.79 Å². The van der Waals surface area contributed by atoms with E-state index in [-0.39, 0.29) is 11.3 Å². The molecule has 2 unspecified atom stereocenters. The van der Waals surface area contributed by atoms with Crippen molar-refractivity contribution in [3.63, 3.8) is 0 Å². The summed E-state index contributed by atoms with van der Waals surface area (Å²) in [6.45, 7) is 5.76. The van der Waals surface area contributed by atoms with Crippen molar-refractivity contribution in [2.24, 2.45) is 16.3 Å². The summed E-state index contributed by atoms with van der Waals surface area (Å²) in [5.41, 5.74) is -0.277. The second-order valence-electron chi connectivity index (χ2n) is 6.85. The third kappa shape index (κ3) is 3.89. The standard InChI is InChI=1S/C16H30N4O/c1-5-17-15(19-13-10-12(13)2)18-11-16(8-6-7-9-16)14(21)20(3)4/h12-13H,5-11H2,1-4H3,(H2,17,18,19). The molecule has 2 atom stereocenters. The first-order valence-electron chi connectivity index (χ1n) is 8.25. The van der Waals surface area contributed by atoms with Crippen molar-refractivity contribution in [2.75, 3.05) is 27.2 Å². The second-order valence-corrected chi connectivity index (χ2v) is 6.85. The lowest BCUT2D eigenvalue weighted by molar-refractivity contribution is -0.138. The maximum atomic E-state index is 12.5. The second kappa shape index (κ2) is 6.67. The zero-order valence-corrected chi connectivity index (χ0v) is 13.9. The Morgan fingerprint density at radius 3 is 2.43 bits per heavy atom. The van der Waals surface area contributed by atoms with Gasteiger partial charge in [-0.1, -0.05) is 19.8 Å². The Labute approximate surface area is 128 Å². The Kier molecular flexibility index (Phi) is 5.12. The van der Waals surface area contributed by atoms with Gasteiger partial charge < -0.3 is 15.5 Å². The van der Waals surface area contributed by atoms with E-state index in [4.69, 9.17) is 4.99 Å². The molecule has 0 heterocycles. The van der Waals surface area contributed by atoms with E-state index in [1.165, 1.54) is 6.42 Å². The quantitative estimate of drug-likeness (QED) is 0.598. The van der Waals surface area contributed by atoms with Crippen LogP contribution in [-0.4, -0.2) is 50.0 Å². The van der Waals surface area contributed by atoms with Crippen LogP contribution >= 0.6 is 0 Å². The fourth-order valence-electron chi connectivity index (χ4n) is 3.21. The topological polar surface area (TPSA) is 56.7 Å². The van der Waals surface area contributed by atoms with Gasteiger partial charge in [-0.3, -0.25) is 9.79 Å². The van der Waals surface area contributed by atoms with Crippen molar-refractivity contribution >= 4 is 11.9 Å². The van der Waals surface area contributed by atoms with Crippen LogP contribution in [0.3, 0.4) is 0 Å². The van der Waals surface area contributed by atoms with E-state index in [1.807, 2.05) is 14.1 Å². The fourth-order valence-corrected chi connectivity index (χ4v) is 3.21. The average Bonchev–Trinajstić information content (AvgIpc) is 2.94. The van der Waals surface area contributed by atoms with Gasteiger partial charge in [0.15, 0.2) is 5.96 Å². The highest BCUT2D eigenvalue weighted by Crippen LogP contribution is 2.39. The number of carbonyl (C=O) groups excluding carboxylic acids is 1. The number of nitrogens with zero attached hydrogens (tertiary/aromatic N) is 2. The first-order chi connectivity index (χ1) is 9.98. The number of carbonyl (C=O) groups is 1. The smallest absolute Gasteiger partial charge is 0.230 e. The SMILES string of the molecule is CCNC(=NCC1(C(=O)N(C)C)CCCC1)NC1CC1C. The average molecular weight is 294 g/mol. The van der Waals surface area contributed by atoms with Gasteiger partial charge >= 0.3 is 0 Å². The molecule has 0 saturated heterocycles. The summed E-state index contributed by atoms with van der Waals surface area (Å²) in [5.74, 6) is 1.83. The lowest BCUT2D eigenvalue weighted by Gasteiger charge is -2.29. The molecule has 5 heteroatoms. The van der Waals surface area contributed by atoms with Crippen LogP contribution in [0.1, 0.15) is 46.0 Å². The van der Waals surface area contributed by atoms with Gasteiger partial charge in [0.2, 0.25) is 5.91 Å². The van der Waals surface area contributed by atoms with Crippen molar-refractivity contribution in [1.82, 2.24) is 15.5 Å². The molecule has 21 heavy (non-hydrogen) atoms. The lowest BCUT2D eigenvalue weighted by atomic mass is 9.85. The first kappa shape index (κ1) is 16.1. The summed E-state index contributed by atoms with van der Waals surface area (Å²) in [6, 6.07) is 0.548. The number of nitrogens with one attached hydrogen (secondary N) is 2. The molecule has 0 aliphatic heterocycles. The van der Waals surface area contributed by atoms with Crippen LogP contribution in [0.15, 0.2) is 4.99 Å². The largest absolute Gasteiger partial charge is 0.357 e. The Morgan fingerprint density at radius 1 is 1.33 bits per heavy atom. The molecule has 2 N–H and O–H groups in total. The molecule has 0 aromatic rings. The van der Waals surface area contributed by atoms with Crippen molar-refractivity contribution in [2.45, 2.75) is 52.0 Å². The number of amides is 1. The molecule has 0 radical (unpaired) electrons. The van der Waals surface area contributed by atoms with Crippen LogP contribution < -0.4 is 10.6 Å². The summed E-state index contributed by atoms with van der Waals surface area (Å²) in [6.07, 6.45) is 5.42. The summed E-state index contributed by atoms with van der Waals surface area (Å²) in [5, 5.41) is 6.76. The number of rotatable bonds is 5. The van der Waals surface area contributed by atoms with Gasteiger partial charge in [-0.05, 0) is 32.1 Å². The summed E-state index contributed by atoms with van der Waals surface area (Å²) < 4.78 is 0. The molecule has 0 bridgehead atoms. The predicted octanol–water partition coefficient (Wildman–Crippen LogP) is 1.60. The van der Waals surface area contributed by atoms with Crippen LogP contribution in [0.5, 0.6) is 0 Å². The normalized spacial score (nSPS) is 27.3. The van der Waals surface area contributed by atoms with E-state index < -0.39 is 0 Å². The van der Waals surface area contributed by atoms with Gasteiger partial charge in [-0.25, -0.2) is 0 Å². The molecule has 0 spiro atoms. The molecule has 0 aromatic heterocycles. The van der Waals surface area contributed by atoms with Crippen molar-refractivity contribution in [3.05, 3.63) is 0 Å². The Balaban J connectivity index is 2.03. The fraction of sp³-hybridized carbons (Fsp3) is 0.875. The van der Waals surface area contributed by atoms with E-state index in [0.29, 0.717) is 12.6 Å². The van der Waals surface area contributed by atoms with Crippen LogP contribution in [0.4, 0.5) is 0 Å². The minimum absolute atomic E-state index is 0.236. The highest BCUT2D eigenvalue weighted by Gasteiger charge is 2.42. The molecular formula is C16H30N4O. The maximum Gasteiger partial charge on any atom is 0.230 e. The number of guanidine groups is 1. The molecule has 2 aliphatic carbocycles. The van der Waals surface area contributed by atoms with Crippen molar-refractivity contribution < 1.29 is 4.79 Å². The van der Waals surface area contributed by atoms with Crippen molar-refractivity contribution in [3.8, 4) is 0 Å². The Hall–Kier alpha value is -1.26. The first-order valence-corrected chi connectivity index (χ1v) is 8.25. The molecule has 2 saturated carbocycles. The summed E-state index contributed by atoms with van der Waals surface area (Å²) >= 11 is 0. The van der Waals surface area contributed by atoms with E-state index in [0.717, 1.165) is 44.1 Å². The lowest BCUT2D eigenvalue weighted by Crippen LogP contribution is -2.43. The van der Waals surface area contributed by atoms with Crippen LogP contribution in [0, 0.1) is 11.3 Å². The number of hydrogen-bond acceptors (Lipinski definition) is 2. The molecule has 5 nitrogen and oxygen atoms in total. The predicted molar refractivity (Wildman–Crippen MR) is 86.3 cm³/mol. The zero-order valence-electron chi connectivity index (χ0n) is 13.9. The zero-order chi connectivity index (χ0) is 15.5. The van der Waals surface area contributed by atoms with Crippen molar-refractivity contribution in [1.29, 1.82) is 0 Å². The van der Waals surface area contributed by atoms with E-state index >= 15 is 0 Å². The minimum atomic E-state index is -0.277. The highest BCUT2D eigenvalue weighted by atomic mass is 16.2. The summed E-state index contributed by atoms with van der Waals surface area (Å²) in [7, 11) is 3.70. The van der Waals surface area contributed by atoms with Crippen LogP contribution in [0.25, 0.3) is 0 Å². The van der Waals surface area contributed by atoms with E-state index in [2.05, 4.69) is 24.5 Å². The Morgan fingerprint density at radius 2 is 1.95 bits per heavy atom. The minimum Gasteiger partial charge on any atom is -0.357 e. The molecule has 120 valence electrons. The number of aliphatic imine (C=N–C) groups is 1. The molecule has 0 aromatic carbocycles. The molecule has 1 amide bonds. The maximum absolute atomic E-state index is 12.5. The van der Waals surface area contributed by atoms with Gasteiger partial charge in [0.25, 0.3) is 0 Å². The highest BCUT2D eigenvalue weighted by molar-refractivity contribution is 5.84. The van der Waals surface area contributed by atoms with Gasteiger partial charge in [0.05, 0.1) is 12.0 Å². The third-order valence-corrected chi connectivity index (χ3v) is 4.74. The van der Waals surface area contributed by atoms with Gasteiger partial charge in [-0.2, -0.15) is 0 Å². The van der Waals surface area contributed by atoms with Gasteiger partial charge in [0.1, 0.15) is 0 Å². The Bertz CT molecular complexity index is 399. The molecule has 2 fully saturated rings. The van der Waals surface area contributed by atoms with Crippen LogP contribution in [0.2, 0.25) is 0 Å². The van der Waals surface area contributed by atoms with Gasteiger partial charge in [-0.15, -0.1) is 0 Å². The number of hydrogen-bond donors (Lipinski definition) is 2. The molecule has 2 aliphatic rings. The third-order valence-electron chi connectivity index (χ3n) is 4.74. The van der Waals surface area contributed by atoms with Gasteiger partial charge in [0, 0.05) is 26.7 Å². The molecular weight excluding hydrogens is 264 g/mol. The summed E-state index contributed by atoms with van der Waals surface area (Å²) in [4.78, 5) is 19.0. The monoisotopic (exact) mass is 294 g/mol.